The van der Waals surface area contributed by atoms with E-state index in [9.17, 15) is 14.4 Å². The largest absolute Gasteiger partial charge is 0.389 e. The minimum absolute atomic E-state index is 1.17. The lowest BCUT2D eigenvalue weighted by Crippen LogP contribution is -2.30. The summed E-state index contributed by atoms with van der Waals surface area (Å²) in [7, 11) is 0. The SMILES string of the molecule is NC(=O)[P+](S)(C(N)=O)C(N)=O. The lowest BCUT2D eigenvalue weighted by atomic mass is 11.4. The highest BCUT2D eigenvalue weighted by Crippen LogP contribution is 2.63. The van der Waals surface area contributed by atoms with E-state index in [1.54, 1.807) is 0 Å². The lowest BCUT2D eigenvalue weighted by Gasteiger charge is -2.04. The van der Waals surface area contributed by atoms with E-state index >= 15 is 0 Å². The molecule has 0 aliphatic rings. The molecule has 0 radical (unpaired) electrons. The Morgan fingerprint density at radius 2 is 1.09 bits per heavy atom. The normalized spacial score (nSPS) is 10.6. The Hall–Kier alpha value is -0.810. The number of amides is 3. The van der Waals surface area contributed by atoms with Gasteiger partial charge in [0.2, 0.25) is 0 Å². The van der Waals surface area contributed by atoms with Gasteiger partial charge in [0.25, 0.3) is 0 Å². The summed E-state index contributed by atoms with van der Waals surface area (Å²) >= 11 is 3.49. The fraction of sp³-hybridized carbons (Fsp3) is 0. The molecule has 0 aliphatic heterocycles. The van der Waals surface area contributed by atoms with Gasteiger partial charge in [0.1, 0.15) is 0 Å². The summed E-state index contributed by atoms with van der Waals surface area (Å²) in [5, 5.41) is 0. The number of carbonyl (C=O) groups excluding carboxylic acids is 3. The summed E-state index contributed by atoms with van der Waals surface area (Å²) in [6, 6.07) is 0. The number of primary amides is 3. The second-order valence-electron chi connectivity index (χ2n) is 1.65. The molecule has 0 bridgehead atoms. The summed E-state index contributed by atoms with van der Waals surface area (Å²) in [5.74, 6) is 0. The average Bonchev–Trinajstić information content (AvgIpc) is 1.84. The Morgan fingerprint density at radius 1 is 0.909 bits per heavy atom. The Labute approximate surface area is 68.0 Å². The van der Waals surface area contributed by atoms with Gasteiger partial charge in [-0.3, -0.25) is 0 Å². The van der Waals surface area contributed by atoms with E-state index in [1.807, 2.05) is 0 Å². The van der Waals surface area contributed by atoms with Gasteiger partial charge >= 0.3 is 23.4 Å². The van der Waals surface area contributed by atoms with E-state index in [0.29, 0.717) is 0 Å². The molecule has 0 unspecified atom stereocenters. The molecule has 8 heteroatoms. The van der Waals surface area contributed by atoms with Crippen LogP contribution in [0.2, 0.25) is 0 Å². The van der Waals surface area contributed by atoms with Crippen LogP contribution in [-0.2, 0) is 0 Å². The van der Waals surface area contributed by atoms with Gasteiger partial charge in [-0.15, -0.1) is 0 Å². The van der Waals surface area contributed by atoms with Crippen molar-refractivity contribution >= 4 is 35.7 Å². The van der Waals surface area contributed by atoms with Crippen LogP contribution in [0.5, 0.6) is 0 Å². The Kier molecular flexibility index (Phi) is 2.84. The van der Waals surface area contributed by atoms with Gasteiger partial charge in [-0.2, -0.15) is 0 Å². The summed E-state index contributed by atoms with van der Waals surface area (Å²) < 4.78 is 0. The van der Waals surface area contributed by atoms with Crippen molar-refractivity contribution < 1.29 is 14.4 Å². The molecule has 0 aliphatic carbocycles. The maximum Gasteiger partial charge on any atom is 0.389 e. The van der Waals surface area contributed by atoms with E-state index in [2.05, 4.69) is 12.2 Å². The van der Waals surface area contributed by atoms with E-state index in [4.69, 9.17) is 17.2 Å². The molecular weight excluding hydrogens is 189 g/mol. The molecule has 3 amide bonds. The van der Waals surface area contributed by atoms with Crippen LogP contribution >= 0.6 is 18.7 Å². The number of hydrogen-bond acceptors (Lipinski definition) is 4. The predicted molar refractivity (Wildman–Crippen MR) is 44.7 cm³/mol. The van der Waals surface area contributed by atoms with E-state index in [0.717, 1.165) is 0 Å². The van der Waals surface area contributed by atoms with Crippen molar-refractivity contribution in [3.05, 3.63) is 0 Å². The van der Waals surface area contributed by atoms with Gasteiger partial charge in [0, 0.05) is 12.2 Å². The minimum Gasteiger partial charge on any atom is -0.335 e. The van der Waals surface area contributed by atoms with Crippen molar-refractivity contribution in [3.63, 3.8) is 0 Å². The molecule has 0 saturated carbocycles. The quantitative estimate of drug-likeness (QED) is 0.376. The zero-order chi connectivity index (χ0) is 9.23. The van der Waals surface area contributed by atoms with Crippen molar-refractivity contribution in [2.24, 2.45) is 17.2 Å². The topological polar surface area (TPSA) is 129 Å². The number of thiol groups is 1. The molecule has 62 valence electrons. The number of carbonyl (C=O) groups is 3. The van der Waals surface area contributed by atoms with Gasteiger partial charge in [-0.1, -0.05) is 0 Å². The lowest BCUT2D eigenvalue weighted by molar-refractivity contribution is 0.259. The van der Waals surface area contributed by atoms with Crippen molar-refractivity contribution in [2.75, 3.05) is 0 Å². The van der Waals surface area contributed by atoms with Crippen molar-refractivity contribution in [1.29, 1.82) is 0 Å². The van der Waals surface area contributed by atoms with Gasteiger partial charge in [-0.25, -0.2) is 14.4 Å². The number of hydrogen-bond donors (Lipinski definition) is 4. The third kappa shape index (κ3) is 1.61. The Morgan fingerprint density at radius 3 is 1.09 bits per heavy atom. The first-order valence-corrected chi connectivity index (χ1v) is 5.29. The number of rotatable bonds is 3. The van der Waals surface area contributed by atoms with Gasteiger partial charge in [0.05, 0.1) is 0 Å². The van der Waals surface area contributed by atoms with Crippen molar-refractivity contribution in [2.45, 2.75) is 0 Å². The zero-order valence-electron chi connectivity index (χ0n) is 5.35. The molecule has 0 aromatic rings. The third-order valence-corrected chi connectivity index (χ3v) is 4.64. The van der Waals surface area contributed by atoms with Crippen molar-refractivity contribution in [3.8, 4) is 0 Å². The molecule has 6 nitrogen and oxygen atoms in total. The maximum absolute atomic E-state index is 10.5. The fourth-order valence-electron chi connectivity index (χ4n) is 0.326. The standard InChI is InChI=1S/C3H6N3O3PS/c4-1(7)10(11,2(5)8)3(6)9/h11H,(H5-,4,5,6,7,8,9)/p+1. The van der Waals surface area contributed by atoms with E-state index < -0.39 is 23.4 Å². The molecule has 0 saturated heterocycles. The third-order valence-electron chi connectivity index (χ3n) is 0.957. The molecular formula is C3H7N3O3PS+. The van der Waals surface area contributed by atoms with Crippen molar-refractivity contribution in [1.82, 2.24) is 0 Å². The zero-order valence-corrected chi connectivity index (χ0v) is 7.14. The molecule has 0 aromatic heterocycles. The highest BCUT2D eigenvalue weighted by atomic mass is 32.7. The first-order valence-electron chi connectivity index (χ1n) is 2.35. The summed E-state index contributed by atoms with van der Waals surface area (Å²) in [6.45, 7) is -3.57. The second kappa shape index (κ2) is 3.06. The molecule has 0 heterocycles. The highest BCUT2D eigenvalue weighted by molar-refractivity contribution is 8.69. The molecule has 11 heavy (non-hydrogen) atoms. The average molecular weight is 196 g/mol. The van der Waals surface area contributed by atoms with Crippen LogP contribution in [-0.4, -0.2) is 16.9 Å². The molecule has 0 atom stereocenters. The van der Waals surface area contributed by atoms with Gasteiger partial charge in [0.15, 0.2) is 0 Å². The molecule has 0 rings (SSSR count). The van der Waals surface area contributed by atoms with Gasteiger partial charge < -0.3 is 17.2 Å². The molecule has 0 spiro atoms. The van der Waals surface area contributed by atoms with Crippen LogP contribution in [0.1, 0.15) is 0 Å². The highest BCUT2D eigenvalue weighted by Gasteiger charge is 2.57. The van der Waals surface area contributed by atoms with Crippen LogP contribution in [0.4, 0.5) is 14.4 Å². The first-order chi connectivity index (χ1) is 4.83. The van der Waals surface area contributed by atoms with Crippen LogP contribution in [0.25, 0.3) is 0 Å². The summed E-state index contributed by atoms with van der Waals surface area (Å²) in [5.41, 5.74) is 10.6. The maximum atomic E-state index is 10.5. The summed E-state index contributed by atoms with van der Waals surface area (Å²) in [4.78, 5) is 31.5. The number of nitrogens with two attached hydrogens (primary N) is 3. The summed E-state index contributed by atoms with van der Waals surface area (Å²) in [6.07, 6.45) is 0. The van der Waals surface area contributed by atoms with E-state index in [-0.39, 0.29) is 0 Å². The van der Waals surface area contributed by atoms with Crippen LogP contribution in [0.15, 0.2) is 0 Å². The monoisotopic (exact) mass is 196 g/mol. The molecule has 0 aromatic carbocycles. The van der Waals surface area contributed by atoms with Crippen LogP contribution < -0.4 is 17.2 Å². The molecule has 0 fully saturated rings. The Balaban J connectivity index is 4.99. The van der Waals surface area contributed by atoms with E-state index in [1.165, 1.54) is 0 Å². The Bertz CT molecular complexity index is 194. The van der Waals surface area contributed by atoms with Gasteiger partial charge in [-0.05, 0) is 0 Å². The molecule has 6 N–H and O–H groups in total. The minimum atomic E-state index is -3.57. The first kappa shape index (κ1) is 10.2. The van der Waals surface area contributed by atoms with Crippen LogP contribution in [0, 0.1) is 0 Å². The van der Waals surface area contributed by atoms with Crippen LogP contribution in [0.3, 0.4) is 0 Å². The second-order valence-corrected chi connectivity index (χ2v) is 6.04. The predicted octanol–water partition coefficient (Wildman–Crippen LogP) is 0.0849. The fourth-order valence-corrected chi connectivity index (χ4v) is 0.977. The smallest absolute Gasteiger partial charge is 0.335 e.